The van der Waals surface area contributed by atoms with Crippen molar-refractivity contribution in [1.29, 1.82) is 0 Å². The molecule has 2 fully saturated rings. The number of aromatic nitrogens is 1. The molecular weight excluding hydrogens is 320 g/mol. The highest BCUT2D eigenvalue weighted by Crippen LogP contribution is 2.37. The molecule has 0 aromatic carbocycles. The van der Waals surface area contributed by atoms with Crippen LogP contribution in [0.1, 0.15) is 29.0 Å². The predicted octanol–water partition coefficient (Wildman–Crippen LogP) is 3.65. The van der Waals surface area contributed by atoms with E-state index in [0.29, 0.717) is 6.61 Å². The van der Waals surface area contributed by atoms with Gasteiger partial charge in [0.1, 0.15) is 11.9 Å². The van der Waals surface area contributed by atoms with Crippen molar-refractivity contribution in [3.8, 4) is 5.75 Å². The minimum absolute atomic E-state index is 0.0226. The monoisotopic (exact) mass is 344 g/mol. The first-order chi connectivity index (χ1) is 11.7. The van der Waals surface area contributed by atoms with Gasteiger partial charge in [0, 0.05) is 42.0 Å². The van der Waals surface area contributed by atoms with E-state index in [1.165, 1.54) is 9.75 Å². The number of hydrogen-bond acceptors (Lipinski definition) is 5. The summed E-state index contributed by atoms with van der Waals surface area (Å²) in [6, 6.07) is 8.34. The summed E-state index contributed by atoms with van der Waals surface area (Å²) in [4.78, 5) is 9.52. The topological polar surface area (TPSA) is 34.6 Å². The highest BCUT2D eigenvalue weighted by molar-refractivity contribution is 7.11. The van der Waals surface area contributed by atoms with Gasteiger partial charge in [0.2, 0.25) is 0 Å². The molecule has 0 bridgehead atoms. The van der Waals surface area contributed by atoms with Gasteiger partial charge in [0.05, 0.1) is 18.4 Å². The summed E-state index contributed by atoms with van der Waals surface area (Å²) in [5, 5.41) is 0. The molecule has 2 aromatic heterocycles. The fraction of sp³-hybridized carbons (Fsp3) is 0.526. The van der Waals surface area contributed by atoms with E-state index in [1.54, 1.807) is 12.4 Å². The zero-order chi connectivity index (χ0) is 16.4. The third-order valence-electron chi connectivity index (χ3n) is 5.05. The van der Waals surface area contributed by atoms with Crippen molar-refractivity contribution in [3.05, 3.63) is 46.4 Å². The second kappa shape index (κ2) is 6.82. The van der Waals surface area contributed by atoms with Crippen molar-refractivity contribution in [3.63, 3.8) is 0 Å². The van der Waals surface area contributed by atoms with Crippen LogP contribution in [0.15, 0.2) is 36.7 Å². The van der Waals surface area contributed by atoms with E-state index < -0.39 is 0 Å². The van der Waals surface area contributed by atoms with E-state index in [4.69, 9.17) is 9.47 Å². The lowest BCUT2D eigenvalue weighted by Gasteiger charge is -2.38. The average Bonchev–Trinajstić information content (AvgIpc) is 3.18. The quantitative estimate of drug-likeness (QED) is 0.848. The maximum absolute atomic E-state index is 6.20. The molecule has 0 aliphatic carbocycles. The first kappa shape index (κ1) is 16.1. The summed E-state index contributed by atoms with van der Waals surface area (Å²) in [6.07, 6.45) is 6.89. The number of thiophene rings is 1. The number of aryl methyl sites for hydroxylation is 1. The molecule has 1 atom stereocenters. The van der Waals surface area contributed by atoms with Gasteiger partial charge in [-0.15, -0.1) is 11.3 Å². The first-order valence-corrected chi connectivity index (χ1v) is 9.51. The molecular formula is C19H24N2O2S. The average molecular weight is 344 g/mol. The highest BCUT2D eigenvalue weighted by Gasteiger charge is 2.43. The first-order valence-electron chi connectivity index (χ1n) is 8.69. The molecule has 4 nitrogen and oxygen atoms in total. The third kappa shape index (κ3) is 3.63. The Morgan fingerprint density at radius 1 is 1.33 bits per heavy atom. The number of pyridine rings is 1. The molecule has 128 valence electrons. The van der Waals surface area contributed by atoms with Crippen molar-refractivity contribution in [2.24, 2.45) is 0 Å². The Hall–Kier alpha value is -1.43. The molecule has 2 aliphatic heterocycles. The zero-order valence-corrected chi connectivity index (χ0v) is 14.9. The molecule has 1 spiro atoms. The normalized spacial score (nSPS) is 23.6. The van der Waals surface area contributed by atoms with Gasteiger partial charge in [-0.25, -0.2) is 0 Å². The summed E-state index contributed by atoms with van der Waals surface area (Å²) in [5.41, 5.74) is 0.0226. The van der Waals surface area contributed by atoms with Crippen LogP contribution in [0.3, 0.4) is 0 Å². The Morgan fingerprint density at radius 2 is 2.21 bits per heavy atom. The molecule has 5 heteroatoms. The second-order valence-corrected chi connectivity index (χ2v) is 8.29. The van der Waals surface area contributed by atoms with Crippen LogP contribution in [0.2, 0.25) is 0 Å². The summed E-state index contributed by atoms with van der Waals surface area (Å²) < 4.78 is 12.2. The summed E-state index contributed by atoms with van der Waals surface area (Å²) in [5.74, 6) is 0.841. The van der Waals surface area contributed by atoms with Crippen LogP contribution >= 0.6 is 11.3 Å². The van der Waals surface area contributed by atoms with Gasteiger partial charge in [-0.3, -0.25) is 9.88 Å². The van der Waals surface area contributed by atoms with Gasteiger partial charge >= 0.3 is 0 Å². The standard InChI is InChI=1S/C19H24N2O2S/c1-15-4-5-18(24-15)13-21-9-6-19(7-10-21)11-17(14-22-19)23-16-3-2-8-20-12-16/h2-5,8,12,17H,6-7,9-11,13-14H2,1H3/t17-/m1/s1. The van der Waals surface area contributed by atoms with Crippen LogP contribution in [-0.4, -0.2) is 41.3 Å². The van der Waals surface area contributed by atoms with Crippen molar-refractivity contribution in [2.75, 3.05) is 19.7 Å². The minimum atomic E-state index is 0.0226. The van der Waals surface area contributed by atoms with Gasteiger partial charge in [-0.1, -0.05) is 0 Å². The number of rotatable bonds is 4. The molecule has 0 saturated carbocycles. The molecule has 0 unspecified atom stereocenters. The SMILES string of the molecule is Cc1ccc(CN2CCC3(CC2)C[C@@H](Oc2cccnc2)CO3)s1. The summed E-state index contributed by atoms with van der Waals surface area (Å²) >= 11 is 1.91. The van der Waals surface area contributed by atoms with E-state index in [1.807, 2.05) is 23.5 Å². The Kier molecular flexibility index (Phi) is 4.57. The van der Waals surface area contributed by atoms with Gasteiger partial charge in [-0.05, 0) is 44.0 Å². The molecule has 0 amide bonds. The molecule has 0 N–H and O–H groups in total. The Bertz CT molecular complexity index is 665. The van der Waals surface area contributed by atoms with E-state index >= 15 is 0 Å². The van der Waals surface area contributed by atoms with Crippen LogP contribution in [0.5, 0.6) is 5.75 Å². The molecule has 2 saturated heterocycles. The van der Waals surface area contributed by atoms with Crippen molar-refractivity contribution >= 4 is 11.3 Å². The van der Waals surface area contributed by atoms with Crippen molar-refractivity contribution in [1.82, 2.24) is 9.88 Å². The van der Waals surface area contributed by atoms with E-state index in [-0.39, 0.29) is 11.7 Å². The van der Waals surface area contributed by atoms with Crippen LogP contribution in [-0.2, 0) is 11.3 Å². The minimum Gasteiger partial charge on any atom is -0.486 e. The highest BCUT2D eigenvalue weighted by atomic mass is 32.1. The van der Waals surface area contributed by atoms with Crippen LogP contribution < -0.4 is 4.74 Å². The lowest BCUT2D eigenvalue weighted by Crippen LogP contribution is -2.43. The van der Waals surface area contributed by atoms with Crippen molar-refractivity contribution < 1.29 is 9.47 Å². The van der Waals surface area contributed by atoms with E-state index in [0.717, 1.165) is 44.6 Å². The number of piperidine rings is 1. The largest absolute Gasteiger partial charge is 0.486 e. The van der Waals surface area contributed by atoms with Crippen LogP contribution in [0.4, 0.5) is 0 Å². The number of ether oxygens (including phenoxy) is 2. The van der Waals surface area contributed by atoms with Crippen molar-refractivity contribution in [2.45, 2.75) is 44.4 Å². The number of nitrogens with zero attached hydrogens (tertiary/aromatic N) is 2. The third-order valence-corrected chi connectivity index (χ3v) is 6.04. The van der Waals surface area contributed by atoms with Gasteiger partial charge in [0.15, 0.2) is 0 Å². The molecule has 4 heterocycles. The van der Waals surface area contributed by atoms with Crippen LogP contribution in [0.25, 0.3) is 0 Å². The maximum atomic E-state index is 6.20. The molecule has 2 aromatic rings. The fourth-order valence-corrected chi connectivity index (χ4v) is 4.68. The van der Waals surface area contributed by atoms with Gasteiger partial charge in [-0.2, -0.15) is 0 Å². The maximum Gasteiger partial charge on any atom is 0.138 e. The smallest absolute Gasteiger partial charge is 0.138 e. The molecule has 2 aliphatic rings. The van der Waals surface area contributed by atoms with Gasteiger partial charge < -0.3 is 9.47 Å². The molecule has 24 heavy (non-hydrogen) atoms. The lowest BCUT2D eigenvalue weighted by molar-refractivity contribution is -0.0453. The Labute approximate surface area is 147 Å². The van der Waals surface area contributed by atoms with E-state index in [2.05, 4.69) is 28.9 Å². The summed E-state index contributed by atoms with van der Waals surface area (Å²) in [6.45, 7) is 6.16. The number of likely N-dealkylation sites (tertiary alicyclic amines) is 1. The summed E-state index contributed by atoms with van der Waals surface area (Å²) in [7, 11) is 0. The Morgan fingerprint density at radius 3 is 2.92 bits per heavy atom. The van der Waals surface area contributed by atoms with E-state index in [9.17, 15) is 0 Å². The van der Waals surface area contributed by atoms with Crippen LogP contribution in [0, 0.1) is 6.92 Å². The molecule has 4 rings (SSSR count). The lowest BCUT2D eigenvalue weighted by atomic mass is 9.88. The van der Waals surface area contributed by atoms with Gasteiger partial charge in [0.25, 0.3) is 0 Å². The fourth-order valence-electron chi connectivity index (χ4n) is 3.75. The number of hydrogen-bond donors (Lipinski definition) is 0. The Balaban J connectivity index is 1.29. The second-order valence-electron chi connectivity index (χ2n) is 6.92. The zero-order valence-electron chi connectivity index (χ0n) is 14.1. The predicted molar refractivity (Wildman–Crippen MR) is 95.5 cm³/mol. The molecule has 0 radical (unpaired) electrons.